The largest absolute Gasteiger partial charge is 0.492 e. The highest BCUT2D eigenvalue weighted by molar-refractivity contribution is 9.10. The first-order chi connectivity index (χ1) is 13.8. The fourth-order valence-electron chi connectivity index (χ4n) is 2.61. The number of amides is 2. The first kappa shape index (κ1) is 21.9. The van der Waals surface area contributed by atoms with Crippen LogP contribution in [0, 0.1) is 11.7 Å². The third-order valence-corrected chi connectivity index (χ3v) is 5.96. The quantitative estimate of drug-likeness (QED) is 0.426. The molecule has 1 fully saturated rings. The molecular weight excluding hydrogens is 481 g/mol. The highest BCUT2D eigenvalue weighted by Crippen LogP contribution is 2.35. The fourth-order valence-corrected chi connectivity index (χ4v) is 4.18. The Kier molecular flexibility index (Phi) is 7.03. The van der Waals surface area contributed by atoms with E-state index in [-0.39, 0.29) is 22.0 Å². The molecule has 0 aromatic heterocycles. The summed E-state index contributed by atoms with van der Waals surface area (Å²) in [5.74, 6) is 0.0753. The van der Waals surface area contributed by atoms with Gasteiger partial charge in [-0.25, -0.2) is 4.39 Å². The van der Waals surface area contributed by atoms with Crippen molar-refractivity contribution >= 4 is 56.5 Å². The van der Waals surface area contributed by atoms with Crippen molar-refractivity contribution in [1.82, 2.24) is 4.90 Å². The van der Waals surface area contributed by atoms with E-state index in [4.69, 9.17) is 16.3 Å². The molecule has 1 aliphatic heterocycles. The number of thioether (sulfide) groups is 1. The van der Waals surface area contributed by atoms with Crippen LogP contribution in [0.1, 0.15) is 25.0 Å². The van der Waals surface area contributed by atoms with Crippen molar-refractivity contribution < 1.29 is 18.7 Å². The summed E-state index contributed by atoms with van der Waals surface area (Å²) in [6.45, 7) is 4.51. The van der Waals surface area contributed by atoms with Gasteiger partial charge in [0.1, 0.15) is 11.6 Å². The van der Waals surface area contributed by atoms with Gasteiger partial charge >= 0.3 is 0 Å². The summed E-state index contributed by atoms with van der Waals surface area (Å²) in [6, 6.07) is 9.67. The number of ether oxygens (including phenoxy) is 1. The van der Waals surface area contributed by atoms with E-state index < -0.39 is 17.0 Å². The molecule has 1 heterocycles. The van der Waals surface area contributed by atoms with E-state index in [9.17, 15) is 14.0 Å². The molecule has 0 aliphatic carbocycles. The SMILES string of the molecule is CC(C)COc1ccc(/C=C2\SC(=O)N(Cc3c(F)cccc3Cl)C2=O)cc1Br. The molecule has 0 unspecified atom stereocenters. The summed E-state index contributed by atoms with van der Waals surface area (Å²) < 4.78 is 20.5. The maximum Gasteiger partial charge on any atom is 0.293 e. The summed E-state index contributed by atoms with van der Waals surface area (Å²) in [5.41, 5.74) is 0.857. The van der Waals surface area contributed by atoms with Crippen LogP contribution in [-0.4, -0.2) is 22.7 Å². The second-order valence-electron chi connectivity index (χ2n) is 6.86. The van der Waals surface area contributed by atoms with Gasteiger partial charge in [-0.3, -0.25) is 14.5 Å². The van der Waals surface area contributed by atoms with Gasteiger partial charge in [-0.1, -0.05) is 37.6 Å². The first-order valence-corrected chi connectivity index (χ1v) is 10.9. The number of hydrogen-bond acceptors (Lipinski definition) is 4. The minimum atomic E-state index is -0.554. The number of benzene rings is 2. The average Bonchev–Trinajstić information content (AvgIpc) is 2.91. The van der Waals surface area contributed by atoms with E-state index in [0.29, 0.717) is 18.3 Å². The molecule has 0 saturated carbocycles. The fraction of sp³-hybridized carbons (Fsp3) is 0.238. The van der Waals surface area contributed by atoms with Crippen molar-refractivity contribution in [2.45, 2.75) is 20.4 Å². The lowest BCUT2D eigenvalue weighted by Gasteiger charge is -2.14. The van der Waals surface area contributed by atoms with Crippen molar-refractivity contribution in [3.8, 4) is 5.75 Å². The van der Waals surface area contributed by atoms with Crippen molar-refractivity contribution in [2.24, 2.45) is 5.92 Å². The summed E-state index contributed by atoms with van der Waals surface area (Å²) in [7, 11) is 0. The average molecular weight is 499 g/mol. The van der Waals surface area contributed by atoms with Crippen molar-refractivity contribution in [3.63, 3.8) is 0 Å². The smallest absolute Gasteiger partial charge is 0.293 e. The first-order valence-electron chi connectivity index (χ1n) is 8.87. The Morgan fingerprint density at radius 2 is 2.03 bits per heavy atom. The molecule has 1 aliphatic rings. The Hall–Kier alpha value is -1.83. The van der Waals surface area contributed by atoms with E-state index >= 15 is 0 Å². The molecule has 29 heavy (non-hydrogen) atoms. The van der Waals surface area contributed by atoms with E-state index in [1.165, 1.54) is 18.2 Å². The zero-order valence-electron chi connectivity index (χ0n) is 15.7. The zero-order valence-corrected chi connectivity index (χ0v) is 18.9. The lowest BCUT2D eigenvalue weighted by atomic mass is 10.2. The molecule has 0 atom stereocenters. The zero-order chi connectivity index (χ0) is 21.1. The third-order valence-electron chi connectivity index (χ3n) is 4.08. The Morgan fingerprint density at radius 1 is 1.28 bits per heavy atom. The predicted molar refractivity (Wildman–Crippen MR) is 117 cm³/mol. The van der Waals surface area contributed by atoms with Crippen LogP contribution in [0.25, 0.3) is 6.08 Å². The highest BCUT2D eigenvalue weighted by atomic mass is 79.9. The standard InChI is InChI=1S/C21H18BrClFNO3S/c1-12(2)11-28-18-7-6-13(8-15(18)22)9-19-20(26)25(21(27)29-19)10-14-16(23)4-3-5-17(14)24/h3-9,12H,10-11H2,1-2H3/b19-9-. The maximum absolute atomic E-state index is 14.0. The van der Waals surface area contributed by atoms with E-state index in [2.05, 4.69) is 29.8 Å². The van der Waals surface area contributed by atoms with Crippen molar-refractivity contribution in [3.05, 3.63) is 67.7 Å². The van der Waals surface area contributed by atoms with Crippen LogP contribution < -0.4 is 4.74 Å². The Labute approximate surface area is 186 Å². The van der Waals surface area contributed by atoms with Gasteiger partial charge < -0.3 is 4.74 Å². The van der Waals surface area contributed by atoms with E-state index in [0.717, 1.165) is 26.7 Å². The molecule has 2 aromatic carbocycles. The number of halogens is 3. The van der Waals surface area contributed by atoms with Gasteiger partial charge in [-0.05, 0) is 69.5 Å². The minimum Gasteiger partial charge on any atom is -0.492 e. The van der Waals surface area contributed by atoms with E-state index in [1.807, 2.05) is 18.2 Å². The molecule has 2 amide bonds. The van der Waals surface area contributed by atoms with Crippen LogP contribution in [0.5, 0.6) is 5.75 Å². The Morgan fingerprint density at radius 3 is 2.69 bits per heavy atom. The monoisotopic (exact) mass is 497 g/mol. The van der Waals surface area contributed by atoms with Gasteiger partial charge in [-0.15, -0.1) is 0 Å². The normalized spacial score (nSPS) is 15.7. The van der Waals surface area contributed by atoms with Crippen LogP contribution in [0.15, 0.2) is 45.8 Å². The number of hydrogen-bond donors (Lipinski definition) is 0. The maximum atomic E-state index is 14.0. The molecule has 0 N–H and O–H groups in total. The highest BCUT2D eigenvalue weighted by Gasteiger charge is 2.35. The second-order valence-corrected chi connectivity index (χ2v) is 9.12. The number of imide groups is 1. The molecule has 152 valence electrons. The third kappa shape index (κ3) is 5.21. The summed E-state index contributed by atoms with van der Waals surface area (Å²) in [5, 5.41) is -0.287. The molecule has 1 saturated heterocycles. The van der Waals surface area contributed by atoms with Crippen molar-refractivity contribution in [2.75, 3.05) is 6.61 Å². The molecule has 0 bridgehead atoms. The molecule has 2 aromatic rings. The molecule has 3 rings (SSSR count). The topological polar surface area (TPSA) is 46.6 Å². The number of nitrogens with zero attached hydrogens (tertiary/aromatic N) is 1. The van der Waals surface area contributed by atoms with Crippen LogP contribution in [0.3, 0.4) is 0 Å². The Bertz CT molecular complexity index is 976. The molecular formula is C21H18BrClFNO3S. The van der Waals surface area contributed by atoms with Gasteiger partial charge in [0.15, 0.2) is 0 Å². The van der Waals surface area contributed by atoms with Crippen LogP contribution in [0.4, 0.5) is 9.18 Å². The van der Waals surface area contributed by atoms with Gasteiger partial charge in [0, 0.05) is 10.6 Å². The van der Waals surface area contributed by atoms with Gasteiger partial charge in [-0.2, -0.15) is 0 Å². The van der Waals surface area contributed by atoms with Gasteiger partial charge in [0.05, 0.1) is 22.5 Å². The number of rotatable bonds is 6. The number of carbonyl (C=O) groups is 2. The minimum absolute atomic E-state index is 0.118. The second kappa shape index (κ2) is 9.32. The number of carbonyl (C=O) groups excluding carboxylic acids is 2. The van der Waals surface area contributed by atoms with E-state index in [1.54, 1.807) is 6.08 Å². The van der Waals surface area contributed by atoms with Gasteiger partial charge in [0.2, 0.25) is 0 Å². The summed E-state index contributed by atoms with van der Waals surface area (Å²) in [6.07, 6.45) is 1.63. The molecule has 0 radical (unpaired) electrons. The molecule has 4 nitrogen and oxygen atoms in total. The Balaban J connectivity index is 1.78. The lowest BCUT2D eigenvalue weighted by Crippen LogP contribution is -2.28. The summed E-state index contributed by atoms with van der Waals surface area (Å²) in [4.78, 5) is 26.3. The van der Waals surface area contributed by atoms with Crippen LogP contribution in [-0.2, 0) is 11.3 Å². The summed E-state index contributed by atoms with van der Waals surface area (Å²) >= 11 is 10.3. The van der Waals surface area contributed by atoms with Crippen LogP contribution >= 0.6 is 39.3 Å². The predicted octanol–water partition coefficient (Wildman–Crippen LogP) is 6.51. The lowest BCUT2D eigenvalue weighted by molar-refractivity contribution is -0.123. The molecule has 0 spiro atoms. The van der Waals surface area contributed by atoms with Crippen molar-refractivity contribution in [1.29, 1.82) is 0 Å². The van der Waals surface area contributed by atoms with Crippen LogP contribution in [0.2, 0.25) is 5.02 Å². The van der Waals surface area contributed by atoms with Gasteiger partial charge in [0.25, 0.3) is 11.1 Å². The molecule has 8 heteroatoms.